The highest BCUT2D eigenvalue weighted by atomic mass is 32.1. The molecule has 0 aliphatic carbocycles. The average Bonchev–Trinajstić information content (AvgIpc) is 3.13. The van der Waals surface area contributed by atoms with Crippen molar-refractivity contribution in [3.63, 3.8) is 0 Å². The minimum atomic E-state index is -0.387. The van der Waals surface area contributed by atoms with E-state index in [0.717, 1.165) is 17.0 Å². The summed E-state index contributed by atoms with van der Waals surface area (Å²) in [6.45, 7) is 7.29. The summed E-state index contributed by atoms with van der Waals surface area (Å²) in [5.74, 6) is 1.02. The second-order valence-corrected chi connectivity index (χ2v) is 9.33. The van der Waals surface area contributed by atoms with Crippen molar-refractivity contribution in [1.82, 2.24) is 25.6 Å². The van der Waals surface area contributed by atoms with Crippen molar-refractivity contribution in [2.24, 2.45) is 0 Å². The van der Waals surface area contributed by atoms with Crippen molar-refractivity contribution >= 4 is 34.2 Å². The number of carbonyl (C=O) groups excluding carboxylic acids is 2. The van der Waals surface area contributed by atoms with E-state index in [1.807, 2.05) is 20.8 Å². The summed E-state index contributed by atoms with van der Waals surface area (Å²) < 4.78 is 10.4. The number of methoxy groups -OCH3 is 2. The van der Waals surface area contributed by atoms with E-state index in [1.165, 1.54) is 18.4 Å². The van der Waals surface area contributed by atoms with Gasteiger partial charge in [0.05, 0.1) is 26.5 Å². The Hall–Kier alpha value is -3.15. The predicted octanol–water partition coefficient (Wildman–Crippen LogP) is 1.94. The molecule has 11 nitrogen and oxygen atoms in total. The van der Waals surface area contributed by atoms with Crippen molar-refractivity contribution in [2.75, 3.05) is 37.5 Å². The molecule has 3 N–H and O–H groups in total. The second-order valence-electron chi connectivity index (χ2n) is 8.24. The van der Waals surface area contributed by atoms with E-state index >= 15 is 0 Å². The van der Waals surface area contributed by atoms with Crippen LogP contribution in [-0.2, 0) is 17.8 Å². The van der Waals surface area contributed by atoms with Crippen LogP contribution in [0.5, 0.6) is 11.9 Å². The number of urea groups is 1. The summed E-state index contributed by atoms with van der Waals surface area (Å²) >= 11 is 1.42. The first-order valence-corrected chi connectivity index (χ1v) is 11.0. The third-order valence-corrected chi connectivity index (χ3v) is 5.49. The molecule has 0 spiro atoms. The lowest BCUT2D eigenvalue weighted by molar-refractivity contribution is -0.122. The van der Waals surface area contributed by atoms with Gasteiger partial charge in [-0.3, -0.25) is 10.1 Å². The van der Waals surface area contributed by atoms with E-state index in [9.17, 15) is 9.59 Å². The number of nitrogens with one attached hydrogen (secondary N) is 3. The Kier molecular flexibility index (Phi) is 7.33. The molecule has 3 heterocycles. The Morgan fingerprint density at radius 1 is 1.19 bits per heavy atom. The maximum absolute atomic E-state index is 12.2. The molecule has 0 radical (unpaired) electrons. The summed E-state index contributed by atoms with van der Waals surface area (Å²) in [6, 6.07) is 1.61. The standard InChI is InChI=1S/C20H29N7O4S/c1-20(2,3)26-15(28)6-8-21-17(29)25-19-22-12-7-9-27(11-13(12)32-19)14-10-16(30-4)24-18(23-14)31-5/h10H,6-9,11H2,1-5H3,(H,26,28)(H2,21,22,25,29). The molecule has 2 aromatic heterocycles. The van der Waals surface area contributed by atoms with Crippen LogP contribution in [0.25, 0.3) is 0 Å². The van der Waals surface area contributed by atoms with Gasteiger partial charge in [-0.05, 0) is 20.8 Å². The number of amides is 3. The zero-order chi connectivity index (χ0) is 23.3. The van der Waals surface area contributed by atoms with E-state index in [0.29, 0.717) is 29.9 Å². The molecule has 3 amide bonds. The van der Waals surface area contributed by atoms with Crippen molar-refractivity contribution in [3.05, 3.63) is 16.6 Å². The molecule has 0 aromatic carbocycles. The van der Waals surface area contributed by atoms with Crippen LogP contribution in [0.4, 0.5) is 15.7 Å². The van der Waals surface area contributed by atoms with Crippen LogP contribution >= 0.6 is 11.3 Å². The van der Waals surface area contributed by atoms with Crippen LogP contribution in [0.15, 0.2) is 6.07 Å². The molecular formula is C20H29N7O4S. The minimum Gasteiger partial charge on any atom is -0.481 e. The first-order valence-electron chi connectivity index (χ1n) is 10.2. The van der Waals surface area contributed by atoms with Crippen molar-refractivity contribution in [2.45, 2.75) is 45.7 Å². The summed E-state index contributed by atoms with van der Waals surface area (Å²) in [5, 5.41) is 8.82. The highest BCUT2D eigenvalue weighted by Gasteiger charge is 2.23. The molecule has 0 saturated heterocycles. The summed E-state index contributed by atoms with van der Waals surface area (Å²) in [5.41, 5.74) is 0.661. The van der Waals surface area contributed by atoms with Gasteiger partial charge in [-0.2, -0.15) is 9.97 Å². The number of carbonyl (C=O) groups is 2. The summed E-state index contributed by atoms with van der Waals surface area (Å²) in [4.78, 5) is 40.2. The van der Waals surface area contributed by atoms with Crippen molar-refractivity contribution in [1.29, 1.82) is 0 Å². The van der Waals surface area contributed by atoms with Crippen LogP contribution in [0, 0.1) is 0 Å². The van der Waals surface area contributed by atoms with Crippen LogP contribution in [0.1, 0.15) is 37.8 Å². The topological polar surface area (TPSA) is 131 Å². The van der Waals surface area contributed by atoms with Gasteiger partial charge in [0.1, 0.15) is 5.82 Å². The Morgan fingerprint density at radius 3 is 2.66 bits per heavy atom. The molecule has 0 saturated carbocycles. The molecular weight excluding hydrogens is 434 g/mol. The molecule has 0 bridgehead atoms. The molecule has 0 fully saturated rings. The van der Waals surface area contributed by atoms with Gasteiger partial charge in [-0.25, -0.2) is 9.78 Å². The number of fused-ring (bicyclic) bond motifs is 1. The van der Waals surface area contributed by atoms with Crippen LogP contribution in [0.3, 0.4) is 0 Å². The second kappa shape index (κ2) is 9.98. The van der Waals surface area contributed by atoms with Gasteiger partial charge in [0.2, 0.25) is 11.8 Å². The number of hydrogen-bond acceptors (Lipinski definition) is 9. The molecule has 0 unspecified atom stereocenters. The van der Waals surface area contributed by atoms with E-state index in [1.54, 1.807) is 13.2 Å². The van der Waals surface area contributed by atoms with Crippen LogP contribution < -0.4 is 30.3 Å². The molecule has 0 atom stereocenters. The van der Waals surface area contributed by atoms with Gasteiger partial charge in [-0.15, -0.1) is 0 Å². The number of ether oxygens (including phenoxy) is 2. The zero-order valence-electron chi connectivity index (χ0n) is 18.9. The molecule has 174 valence electrons. The minimum absolute atomic E-state index is 0.111. The SMILES string of the molecule is COc1cc(N2CCc3nc(NC(=O)NCCC(=O)NC(C)(C)C)sc3C2)nc(OC)n1. The Morgan fingerprint density at radius 2 is 1.97 bits per heavy atom. The lowest BCUT2D eigenvalue weighted by Gasteiger charge is -2.27. The Bertz CT molecular complexity index is 951. The van der Waals surface area contributed by atoms with Crippen molar-refractivity contribution < 1.29 is 19.1 Å². The lowest BCUT2D eigenvalue weighted by atomic mass is 10.1. The van der Waals surface area contributed by atoms with Gasteiger partial charge in [0, 0.05) is 42.4 Å². The fourth-order valence-corrected chi connectivity index (χ4v) is 4.13. The largest absolute Gasteiger partial charge is 0.481 e. The fraction of sp³-hybridized carbons (Fsp3) is 0.550. The van der Waals surface area contributed by atoms with Gasteiger partial charge < -0.3 is 25.0 Å². The van der Waals surface area contributed by atoms with Crippen molar-refractivity contribution in [3.8, 4) is 11.9 Å². The van der Waals surface area contributed by atoms with Gasteiger partial charge >= 0.3 is 12.0 Å². The van der Waals surface area contributed by atoms with E-state index in [4.69, 9.17) is 9.47 Å². The normalized spacial score (nSPS) is 13.2. The third-order valence-electron chi connectivity index (χ3n) is 4.49. The number of anilines is 2. The van der Waals surface area contributed by atoms with E-state index in [-0.39, 0.29) is 36.5 Å². The van der Waals surface area contributed by atoms with Gasteiger partial charge in [0.15, 0.2) is 5.13 Å². The van der Waals surface area contributed by atoms with E-state index < -0.39 is 0 Å². The van der Waals surface area contributed by atoms with Gasteiger partial charge in [-0.1, -0.05) is 11.3 Å². The maximum atomic E-state index is 12.2. The number of nitrogens with zero attached hydrogens (tertiary/aromatic N) is 4. The quantitative estimate of drug-likeness (QED) is 0.568. The molecule has 12 heteroatoms. The third kappa shape index (κ3) is 6.42. The highest BCUT2D eigenvalue weighted by Crippen LogP contribution is 2.31. The lowest BCUT2D eigenvalue weighted by Crippen LogP contribution is -2.42. The average molecular weight is 464 g/mol. The number of thiazole rings is 1. The smallest absolute Gasteiger partial charge is 0.321 e. The molecule has 2 aromatic rings. The number of rotatable bonds is 7. The first kappa shape index (κ1) is 23.5. The maximum Gasteiger partial charge on any atom is 0.321 e. The summed E-state index contributed by atoms with van der Waals surface area (Å²) in [6.07, 6.45) is 0.927. The van der Waals surface area contributed by atoms with Crippen LogP contribution in [-0.4, -0.2) is 59.7 Å². The monoisotopic (exact) mass is 463 g/mol. The molecule has 3 rings (SSSR count). The predicted molar refractivity (Wildman–Crippen MR) is 122 cm³/mol. The molecule has 1 aliphatic heterocycles. The molecule has 1 aliphatic rings. The molecule has 32 heavy (non-hydrogen) atoms. The Labute approximate surface area is 190 Å². The van der Waals surface area contributed by atoms with Gasteiger partial charge in [0.25, 0.3) is 0 Å². The van der Waals surface area contributed by atoms with Crippen LogP contribution in [0.2, 0.25) is 0 Å². The first-order chi connectivity index (χ1) is 15.2. The fourth-order valence-electron chi connectivity index (χ4n) is 3.11. The zero-order valence-corrected chi connectivity index (χ0v) is 19.8. The van der Waals surface area contributed by atoms with E-state index in [2.05, 4.69) is 35.8 Å². The highest BCUT2D eigenvalue weighted by molar-refractivity contribution is 7.15. The number of hydrogen-bond donors (Lipinski definition) is 3. The summed E-state index contributed by atoms with van der Waals surface area (Å²) in [7, 11) is 3.05. The number of aromatic nitrogens is 3. The Balaban J connectivity index is 1.55.